The van der Waals surface area contributed by atoms with E-state index < -0.39 is 15.7 Å². The minimum atomic E-state index is -3.53. The topological polar surface area (TPSA) is 76.1 Å². The molecule has 1 aromatic heterocycles. The van der Waals surface area contributed by atoms with Crippen LogP contribution in [-0.2, 0) is 9.84 Å². The van der Waals surface area contributed by atoms with Gasteiger partial charge in [0.1, 0.15) is 5.82 Å². The van der Waals surface area contributed by atoms with Gasteiger partial charge < -0.3 is 0 Å². The largest absolute Gasteiger partial charge is 0.298 e. The molecule has 26 heavy (non-hydrogen) atoms. The summed E-state index contributed by atoms with van der Waals surface area (Å²) in [5.74, 6) is -1.03. The Kier molecular flexibility index (Phi) is 5.15. The fourth-order valence-corrected chi connectivity index (χ4v) is 4.16. The van der Waals surface area contributed by atoms with Crippen LogP contribution >= 0.6 is 11.3 Å². The highest BCUT2D eigenvalue weighted by Gasteiger charge is 2.21. The first-order valence-corrected chi connectivity index (χ1v) is 10.3. The fraction of sp³-hybridized carbons (Fsp3) is 0.111. The average molecular weight is 390 g/mol. The molecular formula is C18H15FN2O3S2. The van der Waals surface area contributed by atoms with Crippen LogP contribution < -0.4 is 5.32 Å². The molecule has 0 atom stereocenters. The summed E-state index contributed by atoms with van der Waals surface area (Å²) in [6, 6.07) is 12.0. The number of benzene rings is 2. The molecular weight excluding hydrogens is 375 g/mol. The number of rotatable bonds is 5. The van der Waals surface area contributed by atoms with E-state index in [4.69, 9.17) is 0 Å². The van der Waals surface area contributed by atoms with E-state index in [0.717, 1.165) is 0 Å². The van der Waals surface area contributed by atoms with Gasteiger partial charge in [0.2, 0.25) is 0 Å². The number of sulfone groups is 1. The van der Waals surface area contributed by atoms with Crippen LogP contribution in [-0.4, -0.2) is 25.1 Å². The molecule has 0 unspecified atom stereocenters. The molecule has 0 radical (unpaired) electrons. The first-order valence-electron chi connectivity index (χ1n) is 7.75. The third kappa shape index (κ3) is 3.81. The second-order valence-electron chi connectivity index (χ2n) is 5.40. The van der Waals surface area contributed by atoms with Gasteiger partial charge in [-0.05, 0) is 24.3 Å². The van der Waals surface area contributed by atoms with E-state index in [-0.39, 0.29) is 22.0 Å². The van der Waals surface area contributed by atoms with Crippen molar-refractivity contribution in [3.05, 3.63) is 65.3 Å². The van der Waals surface area contributed by atoms with Gasteiger partial charge in [0.15, 0.2) is 15.0 Å². The quantitative estimate of drug-likeness (QED) is 0.715. The van der Waals surface area contributed by atoms with Crippen molar-refractivity contribution in [2.75, 3.05) is 11.1 Å². The Bertz CT molecular complexity index is 1060. The number of thiazole rings is 1. The third-order valence-electron chi connectivity index (χ3n) is 3.69. The summed E-state index contributed by atoms with van der Waals surface area (Å²) >= 11 is 1.18. The number of nitrogens with one attached hydrogen (secondary N) is 1. The van der Waals surface area contributed by atoms with Gasteiger partial charge in [-0.3, -0.25) is 10.1 Å². The van der Waals surface area contributed by atoms with Crippen molar-refractivity contribution in [2.24, 2.45) is 0 Å². The van der Waals surface area contributed by atoms with E-state index in [2.05, 4.69) is 10.3 Å². The van der Waals surface area contributed by atoms with Crippen molar-refractivity contribution in [1.82, 2.24) is 4.98 Å². The number of amides is 1. The maximum Gasteiger partial charge on any atom is 0.258 e. The van der Waals surface area contributed by atoms with Crippen LogP contribution in [0.1, 0.15) is 17.3 Å². The van der Waals surface area contributed by atoms with E-state index in [1.807, 2.05) is 0 Å². The highest BCUT2D eigenvalue weighted by Crippen LogP contribution is 2.26. The first kappa shape index (κ1) is 18.2. The van der Waals surface area contributed by atoms with Crippen LogP contribution in [0.4, 0.5) is 9.52 Å². The summed E-state index contributed by atoms with van der Waals surface area (Å²) < 4.78 is 37.7. The molecule has 0 aliphatic heterocycles. The summed E-state index contributed by atoms with van der Waals surface area (Å²) in [7, 11) is -3.53. The molecule has 0 aliphatic carbocycles. The van der Waals surface area contributed by atoms with Gasteiger partial charge in [-0.15, -0.1) is 11.3 Å². The van der Waals surface area contributed by atoms with Gasteiger partial charge in [0, 0.05) is 10.9 Å². The Morgan fingerprint density at radius 1 is 1.19 bits per heavy atom. The zero-order chi connectivity index (χ0) is 18.7. The monoisotopic (exact) mass is 390 g/mol. The number of halogens is 1. The van der Waals surface area contributed by atoms with Gasteiger partial charge >= 0.3 is 0 Å². The molecule has 2 aromatic carbocycles. The normalized spacial score (nSPS) is 11.3. The Hall–Kier alpha value is -2.58. The van der Waals surface area contributed by atoms with Crippen molar-refractivity contribution >= 4 is 32.2 Å². The number of carbonyl (C=O) groups excluding carboxylic acids is 1. The van der Waals surface area contributed by atoms with Crippen LogP contribution in [0.25, 0.3) is 11.3 Å². The number of hydrogen-bond acceptors (Lipinski definition) is 5. The van der Waals surface area contributed by atoms with Crippen LogP contribution in [0.15, 0.2) is 58.8 Å². The van der Waals surface area contributed by atoms with Crippen LogP contribution in [0.3, 0.4) is 0 Å². The molecule has 1 amide bonds. The molecule has 3 rings (SSSR count). The lowest BCUT2D eigenvalue weighted by molar-refractivity contribution is 0.102. The molecule has 0 aliphatic rings. The maximum atomic E-state index is 13.3. The molecule has 0 spiro atoms. The minimum absolute atomic E-state index is 0.0121. The molecule has 5 nitrogen and oxygen atoms in total. The molecule has 0 fully saturated rings. The lowest BCUT2D eigenvalue weighted by atomic mass is 10.2. The summed E-state index contributed by atoms with van der Waals surface area (Å²) in [4.78, 5) is 16.8. The Labute approximate surface area is 154 Å². The lowest BCUT2D eigenvalue weighted by Crippen LogP contribution is -2.17. The molecule has 0 saturated carbocycles. The Morgan fingerprint density at radius 2 is 1.96 bits per heavy atom. The van der Waals surface area contributed by atoms with Crippen molar-refractivity contribution in [3.63, 3.8) is 0 Å². The summed E-state index contributed by atoms with van der Waals surface area (Å²) in [6.45, 7) is 1.52. The number of hydrogen-bond donors (Lipinski definition) is 1. The van der Waals surface area contributed by atoms with Crippen molar-refractivity contribution < 1.29 is 17.6 Å². The van der Waals surface area contributed by atoms with E-state index >= 15 is 0 Å². The Balaban J connectivity index is 1.86. The molecule has 1 N–H and O–H groups in total. The smallest absolute Gasteiger partial charge is 0.258 e. The lowest BCUT2D eigenvalue weighted by Gasteiger charge is -2.08. The van der Waals surface area contributed by atoms with Gasteiger partial charge in [0.05, 0.1) is 21.9 Å². The highest BCUT2D eigenvalue weighted by molar-refractivity contribution is 7.91. The zero-order valence-electron chi connectivity index (χ0n) is 13.8. The van der Waals surface area contributed by atoms with E-state index in [1.54, 1.807) is 29.6 Å². The highest BCUT2D eigenvalue weighted by atomic mass is 32.2. The standard InChI is InChI=1S/C18H15FN2O3S2/c1-2-26(23,24)16-9-4-3-8-14(16)17(22)21-18-20-15(11-25-18)12-6-5-7-13(19)10-12/h3-11H,2H2,1H3,(H,20,21,22). The third-order valence-corrected chi connectivity index (χ3v) is 6.24. The predicted octanol–water partition coefficient (Wildman–Crippen LogP) is 4.00. The molecule has 0 saturated heterocycles. The summed E-state index contributed by atoms with van der Waals surface area (Å²) in [5, 5.41) is 4.61. The van der Waals surface area contributed by atoms with Crippen molar-refractivity contribution in [1.29, 1.82) is 0 Å². The summed E-state index contributed by atoms with van der Waals surface area (Å²) in [5.41, 5.74) is 1.19. The SMILES string of the molecule is CCS(=O)(=O)c1ccccc1C(=O)Nc1nc(-c2cccc(F)c2)cs1. The second-order valence-corrected chi connectivity index (χ2v) is 8.51. The van der Waals surface area contributed by atoms with Crippen LogP contribution in [0.5, 0.6) is 0 Å². The van der Waals surface area contributed by atoms with Crippen LogP contribution in [0.2, 0.25) is 0 Å². The van der Waals surface area contributed by atoms with E-state index in [0.29, 0.717) is 16.4 Å². The van der Waals surface area contributed by atoms with E-state index in [9.17, 15) is 17.6 Å². The molecule has 134 valence electrons. The van der Waals surface area contributed by atoms with Crippen molar-refractivity contribution in [2.45, 2.75) is 11.8 Å². The first-order chi connectivity index (χ1) is 12.4. The molecule has 3 aromatic rings. The van der Waals surface area contributed by atoms with Gasteiger partial charge in [-0.1, -0.05) is 31.2 Å². The predicted molar refractivity (Wildman–Crippen MR) is 99.6 cm³/mol. The number of anilines is 1. The van der Waals surface area contributed by atoms with Crippen LogP contribution in [0, 0.1) is 5.82 Å². The fourth-order valence-electron chi connectivity index (χ4n) is 2.36. The molecule has 8 heteroatoms. The molecule has 0 bridgehead atoms. The number of nitrogens with zero attached hydrogens (tertiary/aromatic N) is 1. The second kappa shape index (κ2) is 7.35. The average Bonchev–Trinajstić information content (AvgIpc) is 3.10. The van der Waals surface area contributed by atoms with Gasteiger partial charge in [-0.2, -0.15) is 0 Å². The van der Waals surface area contributed by atoms with Crippen molar-refractivity contribution in [3.8, 4) is 11.3 Å². The van der Waals surface area contributed by atoms with Gasteiger partial charge in [-0.25, -0.2) is 17.8 Å². The number of aromatic nitrogens is 1. The van der Waals surface area contributed by atoms with E-state index in [1.165, 1.54) is 42.5 Å². The maximum absolute atomic E-state index is 13.3. The zero-order valence-corrected chi connectivity index (χ0v) is 15.4. The Morgan fingerprint density at radius 3 is 2.69 bits per heavy atom. The summed E-state index contributed by atoms with van der Waals surface area (Å²) in [6.07, 6.45) is 0. The minimum Gasteiger partial charge on any atom is -0.298 e. The molecule has 1 heterocycles. The number of carbonyl (C=O) groups is 1. The van der Waals surface area contributed by atoms with Gasteiger partial charge in [0.25, 0.3) is 5.91 Å².